The number of hydrogen-bond donors (Lipinski definition) is 1. The first-order chi connectivity index (χ1) is 10.9. The molecule has 0 radical (unpaired) electrons. The number of aromatic amines is 1. The van der Waals surface area contributed by atoms with Crippen LogP contribution < -0.4 is 0 Å². The lowest BCUT2D eigenvalue weighted by Crippen LogP contribution is -2.36. The van der Waals surface area contributed by atoms with Crippen molar-refractivity contribution in [2.45, 2.75) is 26.3 Å². The van der Waals surface area contributed by atoms with Crippen LogP contribution >= 0.6 is 0 Å². The fourth-order valence-electron chi connectivity index (χ4n) is 2.72. The van der Waals surface area contributed by atoms with Crippen LogP contribution in [0.25, 0.3) is 0 Å². The number of nitrogens with zero attached hydrogens (tertiary/aromatic N) is 2. The number of carbonyl (C=O) groups excluding carboxylic acids is 1. The molecule has 0 spiro atoms. The topological polar surface area (TPSA) is 49.0 Å². The van der Waals surface area contributed by atoms with Gasteiger partial charge >= 0.3 is 0 Å². The molecule has 23 heavy (non-hydrogen) atoms. The van der Waals surface area contributed by atoms with Gasteiger partial charge in [0, 0.05) is 25.4 Å². The number of benzene rings is 1. The zero-order valence-corrected chi connectivity index (χ0v) is 13.7. The van der Waals surface area contributed by atoms with Gasteiger partial charge in [0.25, 0.3) is 0 Å². The number of nitrogens with one attached hydrogen (secondary N) is 1. The first-order valence-corrected chi connectivity index (χ1v) is 7.56. The molecule has 0 fully saturated rings. The molecule has 1 aromatic heterocycles. The maximum atomic E-state index is 13.2. The van der Waals surface area contributed by atoms with E-state index in [4.69, 9.17) is 0 Å². The minimum atomic E-state index is -0.384. The molecule has 0 aliphatic carbocycles. The van der Waals surface area contributed by atoms with Crippen LogP contribution in [0.15, 0.2) is 48.8 Å². The molecule has 1 heterocycles. The van der Waals surface area contributed by atoms with Gasteiger partial charge < -0.3 is 9.88 Å². The van der Waals surface area contributed by atoms with Crippen molar-refractivity contribution in [3.63, 3.8) is 0 Å². The van der Waals surface area contributed by atoms with Gasteiger partial charge in [0.15, 0.2) is 0 Å². The third-order valence-corrected chi connectivity index (χ3v) is 3.78. The maximum Gasteiger partial charge on any atom is 0.226 e. The largest absolute Gasteiger partial charge is 0.347 e. The van der Waals surface area contributed by atoms with Crippen LogP contribution in [0.4, 0.5) is 4.39 Å². The second-order valence-corrected chi connectivity index (χ2v) is 5.94. The summed E-state index contributed by atoms with van der Waals surface area (Å²) in [5.74, 6) is 0.167. The van der Waals surface area contributed by atoms with E-state index in [2.05, 4.69) is 16.5 Å². The lowest BCUT2D eigenvalue weighted by molar-refractivity contribution is -0.135. The predicted molar refractivity (Wildman–Crippen MR) is 88.2 cm³/mol. The van der Waals surface area contributed by atoms with E-state index in [0.717, 1.165) is 11.1 Å². The van der Waals surface area contributed by atoms with Crippen molar-refractivity contribution in [1.82, 2.24) is 14.9 Å². The molecule has 1 N–H and O–H groups in total. The Morgan fingerprint density at radius 3 is 2.57 bits per heavy atom. The number of imidazole rings is 1. The third kappa shape index (κ3) is 4.06. The van der Waals surface area contributed by atoms with Crippen LogP contribution in [0.5, 0.6) is 0 Å². The zero-order chi connectivity index (χ0) is 17.0. The van der Waals surface area contributed by atoms with Gasteiger partial charge in [-0.15, -0.1) is 6.58 Å². The summed E-state index contributed by atoms with van der Waals surface area (Å²) in [5.41, 5.74) is 1.77. The number of carbonyl (C=O) groups is 1. The summed E-state index contributed by atoms with van der Waals surface area (Å²) in [6, 6.07) is 5.75. The lowest BCUT2D eigenvalue weighted by Gasteiger charge is -2.29. The third-order valence-electron chi connectivity index (χ3n) is 3.78. The molecule has 1 amide bonds. The average Bonchev–Trinajstić information content (AvgIpc) is 3.01. The van der Waals surface area contributed by atoms with Gasteiger partial charge in [-0.05, 0) is 31.0 Å². The first kappa shape index (κ1) is 16.9. The molecule has 0 aliphatic rings. The van der Waals surface area contributed by atoms with Gasteiger partial charge in [0.2, 0.25) is 5.91 Å². The second kappa shape index (κ2) is 7.22. The summed E-state index contributed by atoms with van der Waals surface area (Å²) in [4.78, 5) is 21.7. The highest BCUT2D eigenvalue weighted by Gasteiger charge is 2.28. The molecule has 2 atom stereocenters. The fourth-order valence-corrected chi connectivity index (χ4v) is 2.72. The Hall–Kier alpha value is -2.43. The van der Waals surface area contributed by atoms with Crippen LogP contribution in [0.1, 0.15) is 37.7 Å². The van der Waals surface area contributed by atoms with Gasteiger partial charge in [0.1, 0.15) is 17.7 Å². The summed E-state index contributed by atoms with van der Waals surface area (Å²) in [6.07, 6.45) is 3.99. The Morgan fingerprint density at radius 1 is 1.39 bits per heavy atom. The van der Waals surface area contributed by atoms with Crippen molar-refractivity contribution >= 4 is 5.91 Å². The van der Waals surface area contributed by atoms with E-state index in [1.54, 1.807) is 36.5 Å². The van der Waals surface area contributed by atoms with E-state index in [-0.39, 0.29) is 23.7 Å². The van der Waals surface area contributed by atoms with E-state index in [1.165, 1.54) is 12.1 Å². The zero-order valence-electron chi connectivity index (χ0n) is 13.7. The van der Waals surface area contributed by atoms with Crippen molar-refractivity contribution in [2.24, 2.45) is 5.92 Å². The molecule has 2 unspecified atom stereocenters. The highest BCUT2D eigenvalue weighted by molar-refractivity contribution is 5.79. The number of hydrogen-bond acceptors (Lipinski definition) is 2. The highest BCUT2D eigenvalue weighted by Crippen LogP contribution is 2.27. The molecule has 5 heteroatoms. The SMILES string of the molecule is C=C(C)CC(C)C(=O)N(C)C(c1ccc(F)cc1)c1ncc[nH]1. The van der Waals surface area contributed by atoms with Crippen LogP contribution in [0.2, 0.25) is 0 Å². The van der Waals surface area contributed by atoms with E-state index in [0.29, 0.717) is 12.2 Å². The van der Waals surface area contributed by atoms with Gasteiger partial charge in [-0.25, -0.2) is 9.37 Å². The Kier molecular flexibility index (Phi) is 5.32. The second-order valence-electron chi connectivity index (χ2n) is 5.94. The molecule has 122 valence electrons. The van der Waals surface area contributed by atoms with Gasteiger partial charge in [0.05, 0.1) is 0 Å². The average molecular weight is 315 g/mol. The summed E-state index contributed by atoms with van der Waals surface area (Å²) in [6.45, 7) is 7.67. The number of amides is 1. The summed E-state index contributed by atoms with van der Waals surface area (Å²) in [7, 11) is 1.74. The van der Waals surface area contributed by atoms with E-state index in [9.17, 15) is 9.18 Å². The van der Waals surface area contributed by atoms with Gasteiger partial charge in [-0.3, -0.25) is 4.79 Å². The molecule has 2 rings (SSSR count). The molecule has 1 aromatic carbocycles. The van der Waals surface area contributed by atoms with E-state index >= 15 is 0 Å². The maximum absolute atomic E-state index is 13.2. The van der Waals surface area contributed by atoms with Crippen LogP contribution in [-0.2, 0) is 4.79 Å². The van der Waals surface area contributed by atoms with Crippen molar-refractivity contribution < 1.29 is 9.18 Å². The molecule has 2 aromatic rings. The van der Waals surface area contributed by atoms with Crippen molar-refractivity contribution in [3.8, 4) is 0 Å². The van der Waals surface area contributed by atoms with Crippen molar-refractivity contribution in [3.05, 3.63) is 66.0 Å². The Balaban J connectivity index is 2.32. The Labute approximate surface area is 136 Å². The molecular weight excluding hydrogens is 293 g/mol. The first-order valence-electron chi connectivity index (χ1n) is 7.56. The smallest absolute Gasteiger partial charge is 0.226 e. The molecular formula is C18H22FN3O. The van der Waals surface area contributed by atoms with E-state index < -0.39 is 0 Å². The van der Waals surface area contributed by atoms with Crippen molar-refractivity contribution in [1.29, 1.82) is 0 Å². The van der Waals surface area contributed by atoms with Crippen LogP contribution in [0.3, 0.4) is 0 Å². The fraction of sp³-hybridized carbons (Fsp3) is 0.333. The number of halogens is 1. The minimum absolute atomic E-state index is 0.00118. The highest BCUT2D eigenvalue weighted by atomic mass is 19.1. The number of rotatable bonds is 6. The van der Waals surface area contributed by atoms with E-state index in [1.807, 2.05) is 13.8 Å². The van der Waals surface area contributed by atoms with Gasteiger partial charge in [-0.1, -0.05) is 24.6 Å². The number of allylic oxidation sites excluding steroid dienone is 1. The number of aromatic nitrogens is 2. The summed E-state index contributed by atoms with van der Waals surface area (Å²) in [5, 5.41) is 0. The monoisotopic (exact) mass is 315 g/mol. The molecule has 4 nitrogen and oxygen atoms in total. The molecule has 0 aliphatic heterocycles. The minimum Gasteiger partial charge on any atom is -0.347 e. The number of H-pyrrole nitrogens is 1. The standard InChI is InChI=1S/C18H22FN3O/c1-12(2)11-13(3)18(23)22(4)16(17-20-9-10-21-17)14-5-7-15(19)8-6-14/h5-10,13,16H,1,11H2,2-4H3,(H,20,21). The lowest BCUT2D eigenvalue weighted by atomic mass is 9.99. The summed E-state index contributed by atoms with van der Waals surface area (Å²) >= 11 is 0. The summed E-state index contributed by atoms with van der Waals surface area (Å²) < 4.78 is 13.2. The van der Waals surface area contributed by atoms with Crippen LogP contribution in [0, 0.1) is 11.7 Å². The predicted octanol–water partition coefficient (Wildman–Crippen LogP) is 3.70. The normalized spacial score (nSPS) is 13.4. The van der Waals surface area contributed by atoms with Crippen LogP contribution in [-0.4, -0.2) is 27.8 Å². The van der Waals surface area contributed by atoms with Crippen molar-refractivity contribution in [2.75, 3.05) is 7.05 Å². The van der Waals surface area contributed by atoms with Gasteiger partial charge in [-0.2, -0.15) is 0 Å². The molecule has 0 saturated heterocycles. The Morgan fingerprint density at radius 2 is 2.04 bits per heavy atom. The molecule has 0 saturated carbocycles. The molecule has 0 bridgehead atoms. The Bertz CT molecular complexity index is 664. The quantitative estimate of drug-likeness (QED) is 0.826.